The van der Waals surface area contributed by atoms with Gasteiger partial charge in [-0.05, 0) is 101 Å². The number of anilines is 1. The fourth-order valence-electron chi connectivity index (χ4n) is 4.05. The summed E-state index contributed by atoms with van der Waals surface area (Å²) in [7, 11) is -1.05. The predicted molar refractivity (Wildman–Crippen MR) is 132 cm³/mol. The third-order valence-corrected chi connectivity index (χ3v) is 6.73. The average molecular weight is 462 g/mol. The van der Waals surface area contributed by atoms with Gasteiger partial charge in [-0.3, -0.25) is 9.00 Å². The highest BCUT2D eigenvalue weighted by Crippen LogP contribution is 2.44. The minimum atomic E-state index is -1.05. The molecule has 0 fully saturated rings. The van der Waals surface area contributed by atoms with Gasteiger partial charge in [0.25, 0.3) is 0 Å². The Labute approximate surface area is 194 Å². The predicted octanol–water partition coefficient (Wildman–Crippen LogP) is 5.93. The maximum atomic E-state index is 14.1. The number of carbonyl (C=O) groups is 1. The third-order valence-electron chi connectivity index (χ3n) is 5.80. The van der Waals surface area contributed by atoms with Crippen LogP contribution in [0.5, 0.6) is 5.75 Å². The average Bonchev–Trinajstić information content (AvgIpc) is 3.01. The second-order valence-electron chi connectivity index (χ2n) is 8.10. The number of phenolic OH excluding ortho intramolecular Hbond substituents is 1. The number of aromatic hydroxyl groups is 1. The Kier molecular flexibility index (Phi) is 6.29. The first-order valence-electron chi connectivity index (χ1n) is 10.5. The fourth-order valence-corrected chi connectivity index (χ4v) is 4.57. The van der Waals surface area contributed by atoms with E-state index in [0.717, 1.165) is 38.3 Å². The van der Waals surface area contributed by atoms with Gasteiger partial charge < -0.3 is 10.4 Å². The van der Waals surface area contributed by atoms with E-state index < -0.39 is 10.8 Å². The number of fused-ring (bicyclic) bond motifs is 1. The Morgan fingerprint density at radius 1 is 1.03 bits per heavy atom. The van der Waals surface area contributed by atoms with Crippen LogP contribution in [0.25, 0.3) is 17.2 Å². The maximum Gasteiger partial charge on any atom is 0.228 e. The topological polar surface area (TPSA) is 66.4 Å². The van der Waals surface area contributed by atoms with Gasteiger partial charge in [0.05, 0.1) is 6.42 Å². The molecule has 3 aromatic rings. The number of phenols is 1. The molecule has 0 radical (unpaired) electrons. The van der Waals surface area contributed by atoms with Crippen LogP contribution in [0.3, 0.4) is 0 Å². The van der Waals surface area contributed by atoms with Crippen molar-refractivity contribution in [3.05, 3.63) is 94.3 Å². The number of amides is 1. The normalized spacial score (nSPS) is 15.0. The molecule has 4 rings (SSSR count). The molecule has 0 aromatic heterocycles. The van der Waals surface area contributed by atoms with Gasteiger partial charge in [-0.15, -0.1) is 0 Å². The number of carbonyl (C=O) groups excluding carboxylic acids is 1. The number of rotatable bonds is 5. The first kappa shape index (κ1) is 22.7. The Hall–Kier alpha value is -3.51. The van der Waals surface area contributed by atoms with Crippen molar-refractivity contribution in [1.82, 2.24) is 0 Å². The summed E-state index contributed by atoms with van der Waals surface area (Å²) in [6.45, 7) is 3.74. The molecule has 0 aliphatic heterocycles. The largest absolute Gasteiger partial charge is 0.508 e. The Balaban J connectivity index is 1.68. The Morgan fingerprint density at radius 3 is 2.42 bits per heavy atom. The lowest BCUT2D eigenvalue weighted by molar-refractivity contribution is -0.115. The summed E-state index contributed by atoms with van der Waals surface area (Å²) in [6, 6.07) is 16.9. The molecule has 3 aromatic carbocycles. The van der Waals surface area contributed by atoms with Crippen molar-refractivity contribution < 1.29 is 18.5 Å². The van der Waals surface area contributed by atoms with Crippen molar-refractivity contribution in [2.45, 2.75) is 25.2 Å². The molecule has 0 heterocycles. The summed E-state index contributed by atoms with van der Waals surface area (Å²) in [5, 5.41) is 12.5. The van der Waals surface area contributed by atoms with Gasteiger partial charge in [-0.2, -0.15) is 0 Å². The molecule has 0 saturated heterocycles. The zero-order valence-electron chi connectivity index (χ0n) is 18.6. The number of aryl methyl sites for hydroxylation is 1. The molecule has 2 N–H and O–H groups in total. The van der Waals surface area contributed by atoms with Crippen molar-refractivity contribution in [3.63, 3.8) is 0 Å². The van der Waals surface area contributed by atoms with Crippen molar-refractivity contribution in [1.29, 1.82) is 0 Å². The van der Waals surface area contributed by atoms with E-state index >= 15 is 0 Å². The lowest BCUT2D eigenvalue weighted by Gasteiger charge is -2.10. The van der Waals surface area contributed by atoms with Crippen LogP contribution in [-0.4, -0.2) is 21.5 Å². The van der Waals surface area contributed by atoms with Crippen LogP contribution in [0.2, 0.25) is 0 Å². The first-order valence-corrected chi connectivity index (χ1v) is 12.0. The number of benzene rings is 3. The summed E-state index contributed by atoms with van der Waals surface area (Å²) in [5.41, 5.74) is 6.51. The number of hydrogen-bond donors (Lipinski definition) is 2. The van der Waals surface area contributed by atoms with Gasteiger partial charge in [-0.25, -0.2) is 4.39 Å². The first-order chi connectivity index (χ1) is 15.7. The van der Waals surface area contributed by atoms with Crippen molar-refractivity contribution in [2.24, 2.45) is 0 Å². The molecular formula is C27H24FNO3S. The molecular weight excluding hydrogens is 437 g/mol. The zero-order valence-corrected chi connectivity index (χ0v) is 19.4. The van der Waals surface area contributed by atoms with Crippen LogP contribution in [-0.2, 0) is 15.6 Å². The highest BCUT2D eigenvalue weighted by molar-refractivity contribution is 7.84. The van der Waals surface area contributed by atoms with Crippen molar-refractivity contribution in [2.75, 3.05) is 11.6 Å². The summed E-state index contributed by atoms with van der Waals surface area (Å²) < 4.78 is 25.8. The van der Waals surface area contributed by atoms with Gasteiger partial charge in [0.1, 0.15) is 11.6 Å². The number of allylic oxidation sites excluding steroid dienone is 2. The smallest absolute Gasteiger partial charge is 0.228 e. The van der Waals surface area contributed by atoms with E-state index in [4.69, 9.17) is 0 Å². The van der Waals surface area contributed by atoms with E-state index in [2.05, 4.69) is 5.32 Å². The molecule has 0 bridgehead atoms. The van der Waals surface area contributed by atoms with Gasteiger partial charge >= 0.3 is 0 Å². The zero-order chi connectivity index (χ0) is 23.7. The van der Waals surface area contributed by atoms with Crippen LogP contribution >= 0.6 is 0 Å². The van der Waals surface area contributed by atoms with Crippen molar-refractivity contribution >= 4 is 39.6 Å². The Bertz CT molecular complexity index is 1340. The third kappa shape index (κ3) is 4.81. The van der Waals surface area contributed by atoms with Gasteiger partial charge in [0.2, 0.25) is 5.91 Å². The molecule has 1 aliphatic rings. The van der Waals surface area contributed by atoms with Gasteiger partial charge in [0, 0.05) is 27.6 Å². The van der Waals surface area contributed by atoms with Crippen molar-refractivity contribution in [3.8, 4) is 5.75 Å². The van der Waals surface area contributed by atoms with Gasteiger partial charge in [-0.1, -0.05) is 18.2 Å². The SMILES string of the molecule is CC1=C(CC(=O)Nc2ccc(O)cc2C)c2cc(F)ccc2/C1=C/c1ccc(S(C)=O)cc1. The van der Waals surface area contributed by atoms with Crippen LogP contribution in [0.1, 0.15) is 35.6 Å². The van der Waals surface area contributed by atoms with E-state index in [1.165, 1.54) is 18.2 Å². The summed E-state index contributed by atoms with van der Waals surface area (Å²) in [6.07, 6.45) is 3.73. The van der Waals surface area contributed by atoms with E-state index in [1.807, 2.05) is 37.3 Å². The second kappa shape index (κ2) is 9.16. The number of hydrogen-bond acceptors (Lipinski definition) is 3. The molecule has 6 heteroatoms. The Morgan fingerprint density at radius 2 is 1.76 bits per heavy atom. The van der Waals surface area contributed by atoms with Crippen LogP contribution in [0.4, 0.5) is 10.1 Å². The van der Waals surface area contributed by atoms with E-state index in [-0.39, 0.29) is 23.9 Å². The lowest BCUT2D eigenvalue weighted by Crippen LogP contribution is -2.13. The summed E-state index contributed by atoms with van der Waals surface area (Å²) in [5.74, 6) is -0.438. The summed E-state index contributed by atoms with van der Waals surface area (Å²) in [4.78, 5) is 13.6. The molecule has 1 atom stereocenters. The molecule has 1 amide bonds. The maximum absolute atomic E-state index is 14.1. The summed E-state index contributed by atoms with van der Waals surface area (Å²) >= 11 is 0. The molecule has 168 valence electrons. The molecule has 0 saturated carbocycles. The highest BCUT2D eigenvalue weighted by Gasteiger charge is 2.26. The minimum Gasteiger partial charge on any atom is -0.508 e. The van der Waals surface area contributed by atoms with E-state index in [1.54, 1.807) is 31.4 Å². The molecule has 4 nitrogen and oxygen atoms in total. The highest BCUT2D eigenvalue weighted by atomic mass is 32.2. The lowest BCUT2D eigenvalue weighted by atomic mass is 10.0. The van der Waals surface area contributed by atoms with E-state index in [9.17, 15) is 18.5 Å². The monoisotopic (exact) mass is 461 g/mol. The van der Waals surface area contributed by atoms with E-state index in [0.29, 0.717) is 11.3 Å². The minimum absolute atomic E-state index is 0.0910. The molecule has 0 spiro atoms. The molecule has 1 unspecified atom stereocenters. The second-order valence-corrected chi connectivity index (χ2v) is 9.48. The van der Waals surface area contributed by atoms with Crippen LogP contribution in [0, 0.1) is 12.7 Å². The quantitative estimate of drug-likeness (QED) is 0.463. The standard InChI is InChI=1S/C27H24FNO3S/c1-16-12-20(30)7-11-26(16)29-27(31)15-24-17(2)23(22-10-6-19(28)14-25(22)24)13-18-4-8-21(9-5-18)33(3)32/h4-14,30H,15H2,1-3H3,(H,29,31)/b23-13+. The number of nitrogens with one attached hydrogen (secondary N) is 1. The molecule has 33 heavy (non-hydrogen) atoms. The number of halogens is 1. The van der Waals surface area contributed by atoms with Gasteiger partial charge in [0.15, 0.2) is 0 Å². The fraction of sp³-hybridized carbons (Fsp3) is 0.148. The molecule has 1 aliphatic carbocycles. The van der Waals surface area contributed by atoms with Crippen LogP contribution < -0.4 is 5.32 Å². The van der Waals surface area contributed by atoms with Crippen LogP contribution in [0.15, 0.2) is 71.1 Å².